The first-order valence-electron chi connectivity index (χ1n) is 11.7. The fourth-order valence-electron chi connectivity index (χ4n) is 5.29. The van der Waals surface area contributed by atoms with Gasteiger partial charge in [0.05, 0.1) is 11.8 Å². The minimum Gasteiger partial charge on any atom is -0.357 e. The van der Waals surface area contributed by atoms with Crippen molar-refractivity contribution in [2.45, 2.75) is 33.2 Å². The number of rotatable bonds is 9. The molecule has 33 heavy (non-hydrogen) atoms. The molecular formula is C24H35IN6O2. The Hall–Kier alpha value is -2.17. The second-order valence-corrected chi connectivity index (χ2v) is 8.73. The summed E-state index contributed by atoms with van der Waals surface area (Å²) in [6, 6.07) is 4.12. The van der Waals surface area contributed by atoms with Gasteiger partial charge in [-0.3, -0.25) is 19.5 Å². The number of pyridine rings is 1. The molecule has 3 aliphatic rings. The summed E-state index contributed by atoms with van der Waals surface area (Å²) in [5.74, 6) is 2.05. The standard InChI is InChI=1S/C24H34N6O2.HI/c1-4-29(5-2)19-10-7-16(14-27-19)15-28-24(25-3)26-11-6-12-30-22(31)20-17-8-9-18(13-17)21(20)23(30)32;/h7-10,14,17-18,20-21H,4-6,11-13,15H2,1-3H3,(H2,25,26,28);1H. The number of aliphatic imine (C=N–C) groups is 1. The summed E-state index contributed by atoms with van der Waals surface area (Å²) in [6.07, 6.45) is 7.81. The smallest absolute Gasteiger partial charge is 0.233 e. The molecule has 4 unspecified atom stereocenters. The molecule has 1 saturated heterocycles. The van der Waals surface area contributed by atoms with E-state index in [4.69, 9.17) is 0 Å². The third-order valence-electron chi connectivity index (χ3n) is 6.99. The lowest BCUT2D eigenvalue weighted by Crippen LogP contribution is -2.39. The summed E-state index contributed by atoms with van der Waals surface area (Å²) in [7, 11) is 1.73. The van der Waals surface area contributed by atoms with E-state index in [9.17, 15) is 9.59 Å². The van der Waals surface area contributed by atoms with Crippen molar-refractivity contribution >= 4 is 47.6 Å². The molecular weight excluding hydrogens is 531 g/mol. The van der Waals surface area contributed by atoms with Gasteiger partial charge >= 0.3 is 0 Å². The summed E-state index contributed by atoms with van der Waals surface area (Å²) in [5, 5.41) is 6.56. The van der Waals surface area contributed by atoms with Gasteiger partial charge in [-0.1, -0.05) is 18.2 Å². The number of imide groups is 1. The molecule has 4 rings (SSSR count). The van der Waals surface area contributed by atoms with E-state index in [1.165, 1.54) is 4.90 Å². The van der Waals surface area contributed by atoms with E-state index >= 15 is 0 Å². The Kier molecular flexibility index (Phi) is 8.72. The Morgan fingerprint density at radius 1 is 1.12 bits per heavy atom. The van der Waals surface area contributed by atoms with Crippen molar-refractivity contribution in [2.24, 2.45) is 28.7 Å². The maximum atomic E-state index is 12.7. The van der Waals surface area contributed by atoms with Crippen LogP contribution in [0.15, 0.2) is 35.5 Å². The number of allylic oxidation sites excluding steroid dienone is 2. The molecule has 2 heterocycles. The highest BCUT2D eigenvalue weighted by molar-refractivity contribution is 14.0. The van der Waals surface area contributed by atoms with Gasteiger partial charge in [0.2, 0.25) is 11.8 Å². The predicted octanol–water partition coefficient (Wildman–Crippen LogP) is 2.41. The largest absolute Gasteiger partial charge is 0.357 e. The number of guanidine groups is 1. The van der Waals surface area contributed by atoms with Crippen LogP contribution in [0.2, 0.25) is 0 Å². The lowest BCUT2D eigenvalue weighted by atomic mass is 9.85. The van der Waals surface area contributed by atoms with Gasteiger partial charge in [0.25, 0.3) is 0 Å². The molecule has 0 aromatic carbocycles. The van der Waals surface area contributed by atoms with Gasteiger partial charge in [-0.15, -0.1) is 24.0 Å². The fraction of sp³-hybridized carbons (Fsp3) is 0.583. The normalized spacial score (nSPS) is 25.3. The number of nitrogens with zero attached hydrogens (tertiary/aromatic N) is 4. The Morgan fingerprint density at radius 3 is 2.33 bits per heavy atom. The zero-order chi connectivity index (χ0) is 22.7. The van der Waals surface area contributed by atoms with Crippen LogP contribution in [0.4, 0.5) is 5.82 Å². The highest BCUT2D eigenvalue weighted by atomic mass is 127. The Balaban J connectivity index is 0.00000306. The quantitative estimate of drug-likeness (QED) is 0.119. The van der Waals surface area contributed by atoms with Crippen LogP contribution >= 0.6 is 24.0 Å². The monoisotopic (exact) mass is 566 g/mol. The van der Waals surface area contributed by atoms with Crippen molar-refractivity contribution in [3.8, 4) is 0 Å². The Labute approximate surface area is 213 Å². The summed E-state index contributed by atoms with van der Waals surface area (Å²) in [4.78, 5) is 38.0. The third-order valence-corrected chi connectivity index (χ3v) is 6.99. The van der Waals surface area contributed by atoms with Crippen molar-refractivity contribution in [1.82, 2.24) is 20.5 Å². The second-order valence-electron chi connectivity index (χ2n) is 8.73. The van der Waals surface area contributed by atoms with E-state index in [1.807, 2.05) is 12.3 Å². The van der Waals surface area contributed by atoms with E-state index in [0.29, 0.717) is 32.0 Å². The van der Waals surface area contributed by atoms with Crippen molar-refractivity contribution < 1.29 is 9.59 Å². The van der Waals surface area contributed by atoms with Crippen LogP contribution in [-0.4, -0.2) is 60.9 Å². The number of aromatic nitrogens is 1. The molecule has 2 bridgehead atoms. The van der Waals surface area contributed by atoms with E-state index in [-0.39, 0.29) is 59.5 Å². The first kappa shape index (κ1) is 25.5. The molecule has 4 atom stereocenters. The number of carbonyl (C=O) groups is 2. The Morgan fingerprint density at radius 2 is 1.79 bits per heavy atom. The van der Waals surface area contributed by atoms with Crippen LogP contribution < -0.4 is 15.5 Å². The number of fused-ring (bicyclic) bond motifs is 5. The van der Waals surface area contributed by atoms with E-state index in [2.05, 4.69) is 57.6 Å². The molecule has 1 saturated carbocycles. The van der Waals surface area contributed by atoms with Gasteiger partial charge in [-0.2, -0.15) is 0 Å². The number of amides is 2. The first-order valence-corrected chi connectivity index (χ1v) is 11.7. The highest BCUT2D eigenvalue weighted by Crippen LogP contribution is 2.52. The maximum Gasteiger partial charge on any atom is 0.233 e. The van der Waals surface area contributed by atoms with E-state index in [1.54, 1.807) is 7.05 Å². The molecule has 2 amide bonds. The average molecular weight is 566 g/mol. The minimum absolute atomic E-state index is 0. The number of hydrogen-bond acceptors (Lipinski definition) is 5. The average Bonchev–Trinajstić information content (AvgIpc) is 3.50. The summed E-state index contributed by atoms with van der Waals surface area (Å²) in [6.45, 7) is 7.84. The second kappa shape index (κ2) is 11.3. The predicted molar refractivity (Wildman–Crippen MR) is 140 cm³/mol. The molecule has 1 aliphatic heterocycles. The van der Waals surface area contributed by atoms with Crippen molar-refractivity contribution in [3.63, 3.8) is 0 Å². The molecule has 8 nitrogen and oxygen atoms in total. The van der Waals surface area contributed by atoms with Gasteiger partial charge in [0.15, 0.2) is 5.96 Å². The zero-order valence-corrected chi connectivity index (χ0v) is 22.0. The highest BCUT2D eigenvalue weighted by Gasteiger charge is 2.58. The number of likely N-dealkylation sites (tertiary alicyclic amines) is 1. The van der Waals surface area contributed by atoms with Gasteiger partial charge < -0.3 is 15.5 Å². The lowest BCUT2D eigenvalue weighted by Gasteiger charge is -2.20. The van der Waals surface area contributed by atoms with Crippen LogP contribution in [0, 0.1) is 23.7 Å². The molecule has 2 N–H and O–H groups in total. The van der Waals surface area contributed by atoms with Gasteiger partial charge in [0, 0.05) is 46.0 Å². The van der Waals surface area contributed by atoms with Crippen molar-refractivity contribution in [1.29, 1.82) is 0 Å². The van der Waals surface area contributed by atoms with Crippen LogP contribution in [0.1, 0.15) is 32.3 Å². The first-order chi connectivity index (χ1) is 15.6. The van der Waals surface area contributed by atoms with Gasteiger partial charge in [-0.25, -0.2) is 4.98 Å². The third kappa shape index (κ3) is 5.17. The molecule has 1 aromatic rings. The van der Waals surface area contributed by atoms with Gasteiger partial charge in [-0.05, 0) is 50.2 Å². The van der Waals surface area contributed by atoms with E-state index < -0.39 is 0 Å². The topological polar surface area (TPSA) is 89.9 Å². The number of anilines is 1. The maximum absolute atomic E-state index is 12.7. The molecule has 2 fully saturated rings. The minimum atomic E-state index is -0.110. The van der Waals surface area contributed by atoms with Gasteiger partial charge in [0.1, 0.15) is 5.82 Å². The zero-order valence-electron chi connectivity index (χ0n) is 19.7. The molecule has 0 radical (unpaired) electrons. The molecule has 1 aromatic heterocycles. The fourth-order valence-corrected chi connectivity index (χ4v) is 5.29. The number of nitrogens with one attached hydrogen (secondary N) is 2. The SMILES string of the molecule is CCN(CC)c1ccc(CNC(=NC)NCCCN2C(=O)C3C4C=CC(C4)C3C2=O)cn1.I. The number of hydrogen-bond donors (Lipinski definition) is 2. The molecule has 0 spiro atoms. The number of carbonyl (C=O) groups excluding carboxylic acids is 2. The van der Waals surface area contributed by atoms with Crippen LogP contribution in [-0.2, 0) is 16.1 Å². The van der Waals surface area contributed by atoms with Crippen LogP contribution in [0.5, 0.6) is 0 Å². The summed E-state index contributed by atoms with van der Waals surface area (Å²) < 4.78 is 0. The van der Waals surface area contributed by atoms with Crippen LogP contribution in [0.3, 0.4) is 0 Å². The molecule has 180 valence electrons. The number of halogens is 1. The lowest BCUT2D eigenvalue weighted by molar-refractivity contribution is -0.140. The molecule has 2 aliphatic carbocycles. The van der Waals surface area contributed by atoms with E-state index in [0.717, 1.165) is 30.9 Å². The molecule has 9 heteroatoms. The Bertz CT molecular complexity index is 869. The van der Waals surface area contributed by atoms with Crippen molar-refractivity contribution in [3.05, 3.63) is 36.0 Å². The van der Waals surface area contributed by atoms with Crippen LogP contribution in [0.25, 0.3) is 0 Å². The summed E-state index contributed by atoms with van der Waals surface area (Å²) in [5.41, 5.74) is 1.08. The summed E-state index contributed by atoms with van der Waals surface area (Å²) >= 11 is 0. The van der Waals surface area contributed by atoms with Crippen molar-refractivity contribution in [2.75, 3.05) is 38.1 Å².